The number of para-hydroxylation sites is 1. The van der Waals surface area contributed by atoms with Gasteiger partial charge in [-0.05, 0) is 25.1 Å². The molecule has 2 rings (SSSR count). The van der Waals surface area contributed by atoms with Crippen molar-refractivity contribution < 1.29 is 9.52 Å². The summed E-state index contributed by atoms with van der Waals surface area (Å²) in [5.41, 5.74) is 0.832. The van der Waals surface area contributed by atoms with Crippen LogP contribution in [0.1, 0.15) is 32.1 Å². The fourth-order valence-corrected chi connectivity index (χ4v) is 1.82. The highest BCUT2D eigenvalue weighted by molar-refractivity contribution is 5.85. The molecule has 1 atom stereocenters. The third kappa shape index (κ3) is 3.73. The lowest BCUT2D eigenvalue weighted by Gasteiger charge is -2.10. The van der Waals surface area contributed by atoms with Gasteiger partial charge >= 0.3 is 0 Å². The number of nitrogens with one attached hydrogen (secondary N) is 1. The molecule has 100 valence electrons. The van der Waals surface area contributed by atoms with Gasteiger partial charge in [0.2, 0.25) is 0 Å². The molecule has 2 N–H and O–H groups in total. The molecule has 1 heterocycles. The molecule has 1 unspecified atom stereocenters. The fourth-order valence-electron chi connectivity index (χ4n) is 1.82. The number of halogens is 1. The molecular weight excluding hydrogens is 250 g/mol. The number of hydrogen-bond acceptors (Lipinski definition) is 3. The largest absolute Gasteiger partial charge is 0.458 e. The second-order valence-corrected chi connectivity index (χ2v) is 4.60. The van der Waals surface area contributed by atoms with Crippen LogP contribution in [0.4, 0.5) is 0 Å². The average Bonchev–Trinajstić information content (AvgIpc) is 2.71. The molecule has 1 aromatic heterocycles. The van der Waals surface area contributed by atoms with Gasteiger partial charge in [0.05, 0.1) is 0 Å². The van der Waals surface area contributed by atoms with Gasteiger partial charge in [-0.2, -0.15) is 0 Å². The van der Waals surface area contributed by atoms with Crippen LogP contribution in [0, 0.1) is 0 Å². The van der Waals surface area contributed by atoms with Gasteiger partial charge in [0.25, 0.3) is 0 Å². The highest BCUT2D eigenvalue weighted by Crippen LogP contribution is 2.25. The summed E-state index contributed by atoms with van der Waals surface area (Å²) in [5, 5.41) is 14.3. The Bertz CT molecular complexity index is 448. The van der Waals surface area contributed by atoms with E-state index in [0.717, 1.165) is 17.5 Å². The zero-order valence-electron chi connectivity index (χ0n) is 10.7. The summed E-state index contributed by atoms with van der Waals surface area (Å²) in [7, 11) is 0. The van der Waals surface area contributed by atoms with Crippen LogP contribution in [-0.4, -0.2) is 17.7 Å². The first-order chi connectivity index (χ1) is 8.16. The first kappa shape index (κ1) is 15.0. The molecule has 0 saturated carbocycles. The number of aliphatic hydroxyl groups excluding tert-OH is 1. The first-order valence-corrected chi connectivity index (χ1v) is 6.07. The van der Waals surface area contributed by atoms with E-state index in [1.54, 1.807) is 0 Å². The maximum atomic E-state index is 10.0. The van der Waals surface area contributed by atoms with Gasteiger partial charge in [0.1, 0.15) is 17.4 Å². The van der Waals surface area contributed by atoms with E-state index in [1.807, 2.05) is 30.3 Å². The van der Waals surface area contributed by atoms with Crippen LogP contribution in [-0.2, 0) is 0 Å². The van der Waals surface area contributed by atoms with Crippen LogP contribution in [0.15, 0.2) is 34.7 Å². The molecule has 18 heavy (non-hydrogen) atoms. The van der Waals surface area contributed by atoms with Crippen LogP contribution < -0.4 is 5.32 Å². The lowest BCUT2D eigenvalue weighted by atomic mass is 10.2. The third-order valence-corrected chi connectivity index (χ3v) is 2.74. The van der Waals surface area contributed by atoms with Crippen molar-refractivity contribution >= 4 is 23.4 Å². The van der Waals surface area contributed by atoms with Crippen molar-refractivity contribution in [3.8, 4) is 0 Å². The minimum Gasteiger partial charge on any atom is -0.458 e. The highest BCUT2D eigenvalue weighted by atomic mass is 35.5. The topological polar surface area (TPSA) is 45.4 Å². The predicted molar refractivity (Wildman–Crippen MR) is 76.2 cm³/mol. The zero-order chi connectivity index (χ0) is 12.3. The number of fused-ring (bicyclic) bond motifs is 1. The number of aliphatic hydroxyl groups is 1. The monoisotopic (exact) mass is 269 g/mol. The molecule has 4 heteroatoms. The Labute approximate surface area is 114 Å². The molecule has 0 fully saturated rings. The summed E-state index contributed by atoms with van der Waals surface area (Å²) in [4.78, 5) is 0. The molecular formula is C14H20ClNO2. The standard InChI is InChI=1S/C14H19NO2.ClH/c1-10(2)15-8-7-12(16)14-9-11-5-3-4-6-13(11)17-14;/h3-6,9-10,12,15-16H,7-8H2,1-2H3;1H. The van der Waals surface area contributed by atoms with Gasteiger partial charge < -0.3 is 14.8 Å². The van der Waals surface area contributed by atoms with Gasteiger partial charge in [-0.1, -0.05) is 32.0 Å². The van der Waals surface area contributed by atoms with Gasteiger partial charge in [-0.3, -0.25) is 0 Å². The van der Waals surface area contributed by atoms with Crippen LogP contribution in [0.5, 0.6) is 0 Å². The Morgan fingerprint density at radius 2 is 2.00 bits per heavy atom. The molecule has 0 aliphatic carbocycles. The van der Waals surface area contributed by atoms with E-state index in [4.69, 9.17) is 4.42 Å². The molecule has 0 saturated heterocycles. The third-order valence-electron chi connectivity index (χ3n) is 2.74. The van der Waals surface area contributed by atoms with Crippen LogP contribution >= 0.6 is 12.4 Å². The summed E-state index contributed by atoms with van der Waals surface area (Å²) in [5.74, 6) is 0.650. The predicted octanol–water partition coefficient (Wildman–Crippen LogP) is 3.28. The van der Waals surface area contributed by atoms with E-state index in [-0.39, 0.29) is 12.4 Å². The smallest absolute Gasteiger partial charge is 0.134 e. The van der Waals surface area contributed by atoms with Crippen molar-refractivity contribution in [2.24, 2.45) is 0 Å². The normalized spacial score (nSPS) is 12.7. The number of hydrogen-bond donors (Lipinski definition) is 2. The van der Waals surface area contributed by atoms with E-state index in [1.165, 1.54) is 0 Å². The Kier molecular flexibility index (Phi) is 5.66. The second-order valence-electron chi connectivity index (χ2n) is 4.60. The van der Waals surface area contributed by atoms with Gasteiger partial charge in [0, 0.05) is 11.4 Å². The Morgan fingerprint density at radius 3 is 2.67 bits per heavy atom. The quantitative estimate of drug-likeness (QED) is 0.876. The van der Waals surface area contributed by atoms with Crippen LogP contribution in [0.2, 0.25) is 0 Å². The van der Waals surface area contributed by atoms with Crippen molar-refractivity contribution in [2.75, 3.05) is 6.54 Å². The lowest BCUT2D eigenvalue weighted by Crippen LogP contribution is -2.24. The summed E-state index contributed by atoms with van der Waals surface area (Å²) in [6, 6.07) is 10.2. The van der Waals surface area contributed by atoms with Gasteiger partial charge in [0.15, 0.2) is 0 Å². The summed E-state index contributed by atoms with van der Waals surface area (Å²) >= 11 is 0. The van der Waals surface area contributed by atoms with Crippen LogP contribution in [0.25, 0.3) is 11.0 Å². The lowest BCUT2D eigenvalue weighted by molar-refractivity contribution is 0.141. The van der Waals surface area contributed by atoms with E-state index >= 15 is 0 Å². The van der Waals surface area contributed by atoms with Gasteiger partial charge in [-0.25, -0.2) is 0 Å². The molecule has 3 nitrogen and oxygen atoms in total. The fraction of sp³-hybridized carbons (Fsp3) is 0.429. The minimum absolute atomic E-state index is 0. The zero-order valence-corrected chi connectivity index (χ0v) is 11.5. The van der Waals surface area contributed by atoms with Gasteiger partial charge in [-0.15, -0.1) is 12.4 Å². The van der Waals surface area contributed by atoms with E-state index < -0.39 is 6.10 Å². The Balaban J connectivity index is 0.00000162. The number of furan rings is 1. The maximum absolute atomic E-state index is 10.0. The molecule has 0 amide bonds. The Morgan fingerprint density at radius 1 is 1.28 bits per heavy atom. The SMILES string of the molecule is CC(C)NCCC(O)c1cc2ccccc2o1.Cl. The molecule has 0 radical (unpaired) electrons. The van der Waals surface area contributed by atoms with Crippen molar-refractivity contribution in [3.05, 3.63) is 36.1 Å². The first-order valence-electron chi connectivity index (χ1n) is 6.07. The Hall–Kier alpha value is -1.03. The van der Waals surface area contributed by atoms with Crippen molar-refractivity contribution in [2.45, 2.75) is 32.4 Å². The molecule has 1 aromatic carbocycles. The number of rotatable bonds is 5. The van der Waals surface area contributed by atoms with Crippen LogP contribution in [0.3, 0.4) is 0 Å². The summed E-state index contributed by atoms with van der Waals surface area (Å²) in [6.07, 6.45) is 0.131. The van der Waals surface area contributed by atoms with Crippen molar-refractivity contribution in [1.82, 2.24) is 5.32 Å². The average molecular weight is 270 g/mol. The van der Waals surface area contributed by atoms with E-state index in [2.05, 4.69) is 19.2 Å². The molecule has 0 bridgehead atoms. The highest BCUT2D eigenvalue weighted by Gasteiger charge is 2.12. The molecule has 0 aliphatic heterocycles. The van der Waals surface area contributed by atoms with E-state index in [9.17, 15) is 5.11 Å². The number of benzene rings is 1. The maximum Gasteiger partial charge on any atom is 0.134 e. The molecule has 0 aliphatic rings. The van der Waals surface area contributed by atoms with Crippen molar-refractivity contribution in [3.63, 3.8) is 0 Å². The summed E-state index contributed by atoms with van der Waals surface area (Å²) in [6.45, 7) is 4.97. The van der Waals surface area contributed by atoms with E-state index in [0.29, 0.717) is 18.2 Å². The molecule has 2 aromatic rings. The second kappa shape index (κ2) is 6.78. The molecule has 0 spiro atoms. The minimum atomic E-state index is -0.534. The van der Waals surface area contributed by atoms with Crippen molar-refractivity contribution in [1.29, 1.82) is 0 Å². The summed E-state index contributed by atoms with van der Waals surface area (Å²) < 4.78 is 5.61.